The van der Waals surface area contributed by atoms with Gasteiger partial charge in [-0.05, 0) is 68.3 Å². The number of nitrogens with zero attached hydrogens (tertiary/aromatic N) is 1. The Morgan fingerprint density at radius 1 is 1.22 bits per heavy atom. The van der Waals surface area contributed by atoms with Crippen molar-refractivity contribution in [2.75, 3.05) is 12.4 Å². The van der Waals surface area contributed by atoms with E-state index in [-0.39, 0.29) is 11.7 Å². The van der Waals surface area contributed by atoms with Crippen LogP contribution in [0.2, 0.25) is 5.02 Å². The van der Waals surface area contributed by atoms with Gasteiger partial charge in [0, 0.05) is 10.7 Å². The normalized spacial score (nSPS) is 11.1. The van der Waals surface area contributed by atoms with Crippen LogP contribution in [0.15, 0.2) is 42.0 Å². The summed E-state index contributed by atoms with van der Waals surface area (Å²) < 4.78 is 11.0. The van der Waals surface area contributed by atoms with E-state index in [1.54, 1.807) is 36.4 Å². The maximum Gasteiger partial charge on any atom is 0.266 e. The largest absolute Gasteiger partial charge is 0.493 e. The van der Waals surface area contributed by atoms with Crippen LogP contribution in [0.25, 0.3) is 6.08 Å². The minimum Gasteiger partial charge on any atom is -0.493 e. The Balaban J connectivity index is 2.26. The molecule has 0 heterocycles. The third-order valence-corrected chi connectivity index (χ3v) is 3.90. The van der Waals surface area contributed by atoms with Crippen LogP contribution >= 0.6 is 11.6 Å². The molecule has 0 bridgehead atoms. The van der Waals surface area contributed by atoms with Crippen LogP contribution in [0.3, 0.4) is 0 Å². The van der Waals surface area contributed by atoms with Crippen molar-refractivity contribution in [1.29, 1.82) is 5.26 Å². The van der Waals surface area contributed by atoms with Crippen molar-refractivity contribution < 1.29 is 14.3 Å². The van der Waals surface area contributed by atoms with Crippen LogP contribution in [0.5, 0.6) is 11.5 Å². The fourth-order valence-electron chi connectivity index (χ4n) is 2.40. The highest BCUT2D eigenvalue weighted by Crippen LogP contribution is 2.30. The lowest BCUT2D eigenvalue weighted by Gasteiger charge is -2.14. The van der Waals surface area contributed by atoms with E-state index in [2.05, 4.69) is 5.32 Å². The molecule has 2 rings (SSSR count). The molecule has 0 radical (unpaired) electrons. The summed E-state index contributed by atoms with van der Waals surface area (Å²) in [6.45, 7) is 5.67. The molecular weight excluding hydrogens is 364 g/mol. The summed E-state index contributed by atoms with van der Waals surface area (Å²) in [7, 11) is 1.54. The first-order chi connectivity index (χ1) is 12.8. The maximum atomic E-state index is 12.5. The van der Waals surface area contributed by atoms with Crippen molar-refractivity contribution in [3.8, 4) is 17.6 Å². The molecule has 2 aromatic carbocycles. The second-order valence-electron chi connectivity index (χ2n) is 6.16. The second-order valence-corrected chi connectivity index (χ2v) is 6.60. The van der Waals surface area contributed by atoms with Gasteiger partial charge < -0.3 is 14.8 Å². The van der Waals surface area contributed by atoms with Gasteiger partial charge in [0.15, 0.2) is 11.5 Å². The fraction of sp³-hybridized carbons (Fsp3) is 0.238. The molecule has 0 fully saturated rings. The van der Waals surface area contributed by atoms with Gasteiger partial charge in [-0.15, -0.1) is 0 Å². The summed E-state index contributed by atoms with van der Waals surface area (Å²) in [5.74, 6) is 0.637. The van der Waals surface area contributed by atoms with E-state index < -0.39 is 5.91 Å². The van der Waals surface area contributed by atoms with E-state index >= 15 is 0 Å². The van der Waals surface area contributed by atoms with E-state index in [9.17, 15) is 10.1 Å². The molecule has 0 aliphatic heterocycles. The Labute approximate surface area is 164 Å². The zero-order chi connectivity index (χ0) is 20.0. The number of ether oxygens (including phenoxy) is 2. The lowest BCUT2D eigenvalue weighted by Crippen LogP contribution is -2.14. The summed E-state index contributed by atoms with van der Waals surface area (Å²) in [5.41, 5.74) is 2.04. The number of benzene rings is 2. The van der Waals surface area contributed by atoms with Gasteiger partial charge in [-0.2, -0.15) is 5.26 Å². The molecule has 0 aliphatic rings. The van der Waals surface area contributed by atoms with Crippen LogP contribution < -0.4 is 14.8 Å². The molecule has 0 aliphatic carbocycles. The molecule has 0 aromatic heterocycles. The number of halogens is 1. The van der Waals surface area contributed by atoms with Crippen LogP contribution in [0.4, 0.5) is 5.69 Å². The summed E-state index contributed by atoms with van der Waals surface area (Å²) in [5, 5.41) is 12.7. The molecule has 0 unspecified atom stereocenters. The van der Waals surface area contributed by atoms with E-state index in [4.69, 9.17) is 21.1 Å². The van der Waals surface area contributed by atoms with Gasteiger partial charge in [-0.25, -0.2) is 0 Å². The number of rotatable bonds is 6. The SMILES string of the molecule is COc1cc(/C=C(\C#N)C(=O)Nc2ccc(Cl)cc2C)ccc1OC(C)C. The zero-order valence-corrected chi connectivity index (χ0v) is 16.4. The molecule has 6 heteroatoms. The van der Waals surface area contributed by atoms with Crippen LogP contribution in [-0.4, -0.2) is 19.1 Å². The first kappa shape index (κ1) is 20.3. The number of methoxy groups -OCH3 is 1. The molecule has 0 saturated heterocycles. The minimum absolute atomic E-state index is 0.00311. The van der Waals surface area contributed by atoms with Gasteiger partial charge in [-0.1, -0.05) is 17.7 Å². The molecule has 0 atom stereocenters. The third kappa shape index (κ3) is 5.50. The number of anilines is 1. The fourth-order valence-corrected chi connectivity index (χ4v) is 2.62. The zero-order valence-electron chi connectivity index (χ0n) is 15.7. The molecule has 1 amide bonds. The molecule has 0 saturated carbocycles. The van der Waals surface area contributed by atoms with Crippen molar-refractivity contribution in [3.63, 3.8) is 0 Å². The minimum atomic E-state index is -0.496. The van der Waals surface area contributed by atoms with Gasteiger partial charge in [0.05, 0.1) is 13.2 Å². The Morgan fingerprint density at radius 3 is 2.56 bits per heavy atom. The Hall–Kier alpha value is -2.97. The summed E-state index contributed by atoms with van der Waals surface area (Å²) in [6.07, 6.45) is 1.51. The van der Waals surface area contributed by atoms with E-state index in [1.165, 1.54) is 13.2 Å². The molecule has 2 aromatic rings. The average Bonchev–Trinajstić information content (AvgIpc) is 2.62. The predicted molar refractivity (Wildman–Crippen MR) is 107 cm³/mol. The highest BCUT2D eigenvalue weighted by Gasteiger charge is 2.13. The topological polar surface area (TPSA) is 71.3 Å². The Morgan fingerprint density at radius 2 is 1.96 bits per heavy atom. The smallest absolute Gasteiger partial charge is 0.266 e. The summed E-state index contributed by atoms with van der Waals surface area (Å²) in [6, 6.07) is 12.3. The van der Waals surface area contributed by atoms with Gasteiger partial charge in [0.2, 0.25) is 0 Å². The lowest BCUT2D eigenvalue weighted by atomic mass is 10.1. The first-order valence-electron chi connectivity index (χ1n) is 8.38. The third-order valence-electron chi connectivity index (χ3n) is 3.66. The van der Waals surface area contributed by atoms with Crippen molar-refractivity contribution in [2.24, 2.45) is 0 Å². The number of amides is 1. The molecule has 5 nitrogen and oxygen atoms in total. The average molecular weight is 385 g/mol. The number of aryl methyl sites for hydroxylation is 1. The van der Waals surface area contributed by atoms with Crippen molar-refractivity contribution in [3.05, 3.63) is 58.1 Å². The van der Waals surface area contributed by atoms with Crippen molar-refractivity contribution in [2.45, 2.75) is 26.9 Å². The Bertz CT molecular complexity index is 914. The number of carbonyl (C=O) groups excluding carboxylic acids is 1. The highest BCUT2D eigenvalue weighted by atomic mass is 35.5. The quantitative estimate of drug-likeness (QED) is 0.562. The first-order valence-corrected chi connectivity index (χ1v) is 8.75. The molecule has 0 spiro atoms. The van der Waals surface area contributed by atoms with Gasteiger partial charge in [0.25, 0.3) is 5.91 Å². The van der Waals surface area contributed by atoms with Crippen LogP contribution in [-0.2, 0) is 4.79 Å². The van der Waals surface area contributed by atoms with Crippen molar-refractivity contribution >= 4 is 29.3 Å². The number of nitriles is 1. The molecule has 1 N–H and O–H groups in total. The van der Waals surface area contributed by atoms with Crippen molar-refractivity contribution in [1.82, 2.24) is 0 Å². The number of hydrogen-bond donors (Lipinski definition) is 1. The molecule has 27 heavy (non-hydrogen) atoms. The molecular formula is C21H21ClN2O3. The highest BCUT2D eigenvalue weighted by molar-refractivity contribution is 6.30. The second kappa shape index (κ2) is 9.11. The lowest BCUT2D eigenvalue weighted by molar-refractivity contribution is -0.112. The standard InChI is InChI=1S/C21H21ClN2O3/c1-13(2)27-19-8-5-15(11-20(19)26-4)10-16(12-23)21(25)24-18-7-6-17(22)9-14(18)3/h5-11,13H,1-4H3,(H,24,25)/b16-10+. The van der Waals surface area contributed by atoms with Gasteiger partial charge >= 0.3 is 0 Å². The van der Waals surface area contributed by atoms with E-state index in [0.29, 0.717) is 27.8 Å². The van der Waals surface area contributed by atoms with Crippen LogP contribution in [0.1, 0.15) is 25.0 Å². The summed E-state index contributed by atoms with van der Waals surface area (Å²) in [4.78, 5) is 12.5. The summed E-state index contributed by atoms with van der Waals surface area (Å²) >= 11 is 5.92. The monoisotopic (exact) mass is 384 g/mol. The van der Waals surface area contributed by atoms with Gasteiger partial charge in [0.1, 0.15) is 11.6 Å². The van der Waals surface area contributed by atoms with Crippen LogP contribution in [0, 0.1) is 18.3 Å². The number of hydrogen-bond acceptors (Lipinski definition) is 4. The predicted octanol–water partition coefficient (Wildman–Crippen LogP) is 4.99. The maximum absolute atomic E-state index is 12.5. The number of nitrogens with one attached hydrogen (secondary N) is 1. The van der Waals surface area contributed by atoms with Gasteiger partial charge in [-0.3, -0.25) is 4.79 Å². The molecule has 140 valence electrons. The van der Waals surface area contributed by atoms with E-state index in [1.807, 2.05) is 26.8 Å². The Kier molecular flexibility index (Phi) is 6.86. The van der Waals surface area contributed by atoms with E-state index in [0.717, 1.165) is 5.56 Å². The number of carbonyl (C=O) groups is 1.